The van der Waals surface area contributed by atoms with Gasteiger partial charge in [-0.1, -0.05) is 0 Å². The van der Waals surface area contributed by atoms with Crippen molar-refractivity contribution in [3.05, 3.63) is 21.4 Å². The van der Waals surface area contributed by atoms with Crippen LogP contribution in [-0.2, 0) is 16.1 Å². The fraction of sp³-hybridized carbons (Fsp3) is 0.625. The van der Waals surface area contributed by atoms with Crippen LogP contribution in [0.25, 0.3) is 0 Å². The molecule has 0 spiro atoms. The lowest BCUT2D eigenvalue weighted by atomic mass is 9.89. The summed E-state index contributed by atoms with van der Waals surface area (Å²) < 4.78 is 0. The van der Waals surface area contributed by atoms with Crippen LogP contribution in [0, 0.1) is 19.8 Å². The molecule has 0 bridgehead atoms. The van der Waals surface area contributed by atoms with Crippen LogP contribution in [0.2, 0.25) is 0 Å². The molecular formula is C16H22N2O2S. The first-order chi connectivity index (χ1) is 9.83. The topological polar surface area (TPSA) is 49.4 Å². The van der Waals surface area contributed by atoms with Crippen molar-refractivity contribution in [3.63, 3.8) is 0 Å². The quantitative estimate of drug-likeness (QED) is 0.932. The summed E-state index contributed by atoms with van der Waals surface area (Å²) in [6, 6.07) is 1.73. The second-order valence-corrected chi connectivity index (χ2v) is 7.87. The molecule has 3 rings (SSSR count). The molecule has 5 heteroatoms. The Morgan fingerprint density at radius 1 is 1.38 bits per heavy atom. The third-order valence-corrected chi connectivity index (χ3v) is 6.01. The Bertz CT molecular complexity index is 586. The number of amides is 2. The third-order valence-electron chi connectivity index (χ3n) is 4.87. The average molecular weight is 306 g/mol. The van der Waals surface area contributed by atoms with Gasteiger partial charge in [0, 0.05) is 9.75 Å². The first kappa shape index (κ1) is 14.6. The number of nitrogens with one attached hydrogen (secondary N) is 1. The van der Waals surface area contributed by atoms with Crippen LogP contribution in [0.1, 0.15) is 42.0 Å². The number of rotatable bonds is 3. The molecule has 2 amide bonds. The SMILES string of the molecule is Cc1cc(CN2C(=O)C(C)(C3CC3)NC(=O)C2C)sc1C. The van der Waals surface area contributed by atoms with Crippen molar-refractivity contribution in [2.75, 3.05) is 0 Å². The molecule has 2 aliphatic rings. The van der Waals surface area contributed by atoms with Gasteiger partial charge in [-0.15, -0.1) is 11.3 Å². The fourth-order valence-corrected chi connectivity index (χ4v) is 4.12. The molecule has 2 atom stereocenters. The lowest BCUT2D eigenvalue weighted by molar-refractivity contribution is -0.155. The maximum Gasteiger partial charge on any atom is 0.249 e. The minimum absolute atomic E-state index is 0.0333. The van der Waals surface area contributed by atoms with Crippen LogP contribution >= 0.6 is 11.3 Å². The van der Waals surface area contributed by atoms with Crippen molar-refractivity contribution in [1.29, 1.82) is 0 Å². The summed E-state index contributed by atoms with van der Waals surface area (Å²) in [4.78, 5) is 29.3. The van der Waals surface area contributed by atoms with E-state index < -0.39 is 11.6 Å². The van der Waals surface area contributed by atoms with Crippen LogP contribution < -0.4 is 5.32 Å². The summed E-state index contributed by atoms with van der Waals surface area (Å²) in [7, 11) is 0. The van der Waals surface area contributed by atoms with Gasteiger partial charge < -0.3 is 10.2 Å². The molecule has 1 N–H and O–H groups in total. The molecule has 2 heterocycles. The van der Waals surface area contributed by atoms with Crippen LogP contribution in [0.15, 0.2) is 6.07 Å². The van der Waals surface area contributed by atoms with Crippen LogP contribution in [0.5, 0.6) is 0 Å². The Hall–Kier alpha value is -1.36. The first-order valence-corrected chi connectivity index (χ1v) is 8.33. The maximum absolute atomic E-state index is 12.9. The number of carbonyl (C=O) groups excluding carboxylic acids is 2. The fourth-order valence-electron chi connectivity index (χ4n) is 3.07. The largest absolute Gasteiger partial charge is 0.340 e. The van der Waals surface area contributed by atoms with Crippen molar-refractivity contribution < 1.29 is 9.59 Å². The zero-order chi connectivity index (χ0) is 15.4. The van der Waals surface area contributed by atoms with Crippen molar-refractivity contribution >= 4 is 23.2 Å². The van der Waals surface area contributed by atoms with Gasteiger partial charge in [0.05, 0.1) is 6.54 Å². The molecule has 2 fully saturated rings. The molecular weight excluding hydrogens is 284 g/mol. The highest BCUT2D eigenvalue weighted by molar-refractivity contribution is 7.12. The monoisotopic (exact) mass is 306 g/mol. The number of nitrogens with zero attached hydrogens (tertiary/aromatic N) is 1. The van der Waals surface area contributed by atoms with E-state index in [9.17, 15) is 9.59 Å². The Morgan fingerprint density at radius 2 is 2.05 bits per heavy atom. The van der Waals surface area contributed by atoms with E-state index in [0.717, 1.165) is 17.7 Å². The summed E-state index contributed by atoms with van der Waals surface area (Å²) in [5.74, 6) is 0.338. The predicted octanol–water partition coefficient (Wildman–Crippen LogP) is 2.38. The van der Waals surface area contributed by atoms with Gasteiger partial charge >= 0.3 is 0 Å². The Labute approximate surface area is 129 Å². The molecule has 1 aliphatic heterocycles. The second-order valence-electron chi connectivity index (χ2n) is 6.53. The standard InChI is InChI=1S/C16H22N2O2S/c1-9-7-13(21-11(9)3)8-18-10(2)14(19)17-16(4,15(18)20)12-5-6-12/h7,10,12H,5-6,8H2,1-4H3,(H,17,19). The van der Waals surface area contributed by atoms with E-state index in [1.54, 1.807) is 16.2 Å². The smallest absolute Gasteiger partial charge is 0.249 e. The summed E-state index contributed by atoms with van der Waals surface area (Å²) >= 11 is 1.71. The number of piperazine rings is 1. The van der Waals surface area contributed by atoms with Crippen molar-refractivity contribution in [1.82, 2.24) is 10.2 Å². The Morgan fingerprint density at radius 3 is 2.57 bits per heavy atom. The highest BCUT2D eigenvalue weighted by Gasteiger charge is 2.54. The summed E-state index contributed by atoms with van der Waals surface area (Å²) in [5.41, 5.74) is 0.548. The van der Waals surface area contributed by atoms with Gasteiger partial charge in [-0.3, -0.25) is 9.59 Å². The molecule has 1 aromatic rings. The van der Waals surface area contributed by atoms with Crippen LogP contribution in [0.3, 0.4) is 0 Å². The van der Waals surface area contributed by atoms with Crippen molar-refractivity contribution in [2.24, 2.45) is 5.92 Å². The van der Waals surface area contributed by atoms with E-state index in [1.807, 2.05) is 13.8 Å². The lowest BCUT2D eigenvalue weighted by Gasteiger charge is -2.43. The maximum atomic E-state index is 12.9. The van der Waals surface area contributed by atoms with E-state index in [0.29, 0.717) is 12.5 Å². The zero-order valence-corrected chi connectivity index (χ0v) is 13.8. The molecule has 1 aromatic heterocycles. The van der Waals surface area contributed by atoms with Crippen molar-refractivity contribution in [3.8, 4) is 0 Å². The lowest BCUT2D eigenvalue weighted by Crippen LogP contribution is -2.69. The van der Waals surface area contributed by atoms with E-state index >= 15 is 0 Å². The minimum Gasteiger partial charge on any atom is -0.340 e. The first-order valence-electron chi connectivity index (χ1n) is 7.52. The molecule has 1 saturated heterocycles. The Kier molecular flexibility index (Phi) is 3.35. The zero-order valence-electron chi connectivity index (χ0n) is 13.0. The molecule has 114 valence electrons. The van der Waals surface area contributed by atoms with E-state index in [4.69, 9.17) is 0 Å². The van der Waals surface area contributed by atoms with Gasteiger partial charge in [-0.2, -0.15) is 0 Å². The number of carbonyl (C=O) groups is 2. The molecule has 1 saturated carbocycles. The highest BCUT2D eigenvalue weighted by Crippen LogP contribution is 2.42. The van der Waals surface area contributed by atoms with E-state index in [1.165, 1.54) is 10.4 Å². The summed E-state index contributed by atoms with van der Waals surface area (Å²) in [6.45, 7) is 8.40. The van der Waals surface area contributed by atoms with E-state index in [2.05, 4.69) is 25.2 Å². The van der Waals surface area contributed by atoms with Gasteiger partial charge in [0.1, 0.15) is 11.6 Å². The normalized spacial score (nSPS) is 29.7. The van der Waals surface area contributed by atoms with Crippen LogP contribution in [-0.4, -0.2) is 28.3 Å². The minimum atomic E-state index is -0.703. The summed E-state index contributed by atoms with van der Waals surface area (Å²) in [6.07, 6.45) is 2.06. The second kappa shape index (κ2) is 4.83. The molecule has 1 aliphatic carbocycles. The molecule has 0 radical (unpaired) electrons. The number of aryl methyl sites for hydroxylation is 2. The Balaban J connectivity index is 1.87. The van der Waals surface area contributed by atoms with Crippen LogP contribution in [0.4, 0.5) is 0 Å². The van der Waals surface area contributed by atoms with Gasteiger partial charge in [0.15, 0.2) is 0 Å². The van der Waals surface area contributed by atoms with Crippen molar-refractivity contribution in [2.45, 2.75) is 58.7 Å². The van der Waals surface area contributed by atoms with Gasteiger partial charge in [0.2, 0.25) is 11.8 Å². The number of thiophene rings is 1. The predicted molar refractivity (Wildman–Crippen MR) is 83.1 cm³/mol. The van der Waals surface area contributed by atoms with Gasteiger partial charge in [-0.25, -0.2) is 0 Å². The van der Waals surface area contributed by atoms with Gasteiger partial charge in [-0.05, 0) is 58.1 Å². The molecule has 4 nitrogen and oxygen atoms in total. The average Bonchev–Trinajstić information content (AvgIpc) is 3.21. The highest BCUT2D eigenvalue weighted by atomic mass is 32.1. The molecule has 2 unspecified atom stereocenters. The summed E-state index contributed by atoms with van der Waals surface area (Å²) in [5, 5.41) is 2.96. The van der Waals surface area contributed by atoms with Gasteiger partial charge in [0.25, 0.3) is 0 Å². The molecule has 21 heavy (non-hydrogen) atoms. The van der Waals surface area contributed by atoms with E-state index in [-0.39, 0.29) is 11.8 Å². The molecule has 0 aromatic carbocycles. The number of hydrogen-bond acceptors (Lipinski definition) is 3. The third kappa shape index (κ3) is 2.37. The number of hydrogen-bond donors (Lipinski definition) is 1.